The maximum atomic E-state index is 5.22. The SMILES string of the molecule is Cn1cncc1-c1noc(CCNC(C)(C)C)n1. The summed E-state index contributed by atoms with van der Waals surface area (Å²) in [6, 6.07) is 0. The second-order valence-corrected chi connectivity index (χ2v) is 5.33. The molecule has 18 heavy (non-hydrogen) atoms. The number of nitrogens with zero attached hydrogens (tertiary/aromatic N) is 4. The Morgan fingerprint density at radius 1 is 1.39 bits per heavy atom. The zero-order valence-electron chi connectivity index (χ0n) is 11.3. The molecule has 0 unspecified atom stereocenters. The molecule has 6 heteroatoms. The van der Waals surface area contributed by atoms with Crippen molar-refractivity contribution in [2.24, 2.45) is 7.05 Å². The van der Waals surface area contributed by atoms with E-state index < -0.39 is 0 Å². The quantitative estimate of drug-likeness (QED) is 0.887. The average molecular weight is 249 g/mol. The van der Waals surface area contributed by atoms with E-state index >= 15 is 0 Å². The van der Waals surface area contributed by atoms with Gasteiger partial charge in [0.05, 0.1) is 12.5 Å². The van der Waals surface area contributed by atoms with Crippen LogP contribution in [0.15, 0.2) is 17.0 Å². The average Bonchev–Trinajstić information content (AvgIpc) is 2.84. The first-order valence-electron chi connectivity index (χ1n) is 6.00. The third-order valence-corrected chi connectivity index (χ3v) is 2.51. The van der Waals surface area contributed by atoms with Crippen molar-refractivity contribution in [1.29, 1.82) is 0 Å². The minimum absolute atomic E-state index is 0.102. The lowest BCUT2D eigenvalue weighted by molar-refractivity contribution is 0.362. The van der Waals surface area contributed by atoms with E-state index in [0.29, 0.717) is 11.7 Å². The Hall–Kier alpha value is -1.69. The van der Waals surface area contributed by atoms with E-state index in [0.717, 1.165) is 18.7 Å². The van der Waals surface area contributed by atoms with Gasteiger partial charge in [-0.3, -0.25) is 0 Å². The van der Waals surface area contributed by atoms with E-state index in [4.69, 9.17) is 4.52 Å². The Labute approximate surface area is 106 Å². The van der Waals surface area contributed by atoms with Crippen LogP contribution in [0.4, 0.5) is 0 Å². The number of hydrogen-bond acceptors (Lipinski definition) is 5. The van der Waals surface area contributed by atoms with Gasteiger partial charge in [0.25, 0.3) is 0 Å². The summed E-state index contributed by atoms with van der Waals surface area (Å²) in [5.74, 6) is 1.23. The smallest absolute Gasteiger partial charge is 0.228 e. The molecule has 2 aromatic rings. The molecule has 0 atom stereocenters. The van der Waals surface area contributed by atoms with Gasteiger partial charge in [-0.05, 0) is 20.8 Å². The van der Waals surface area contributed by atoms with Crippen LogP contribution in [0.2, 0.25) is 0 Å². The topological polar surface area (TPSA) is 68.8 Å². The molecular weight excluding hydrogens is 230 g/mol. The van der Waals surface area contributed by atoms with Crippen molar-refractivity contribution in [2.45, 2.75) is 32.7 Å². The Bertz CT molecular complexity index is 509. The van der Waals surface area contributed by atoms with Gasteiger partial charge in [-0.1, -0.05) is 5.16 Å². The van der Waals surface area contributed by atoms with E-state index in [9.17, 15) is 0 Å². The lowest BCUT2D eigenvalue weighted by Gasteiger charge is -2.19. The summed E-state index contributed by atoms with van der Waals surface area (Å²) in [5, 5.41) is 7.34. The van der Waals surface area contributed by atoms with E-state index in [1.165, 1.54) is 0 Å². The second kappa shape index (κ2) is 4.89. The molecule has 0 spiro atoms. The third kappa shape index (κ3) is 3.16. The van der Waals surface area contributed by atoms with Gasteiger partial charge < -0.3 is 14.4 Å². The highest BCUT2D eigenvalue weighted by Crippen LogP contribution is 2.13. The first kappa shape index (κ1) is 12.8. The molecule has 2 heterocycles. The first-order chi connectivity index (χ1) is 8.46. The number of aromatic nitrogens is 4. The van der Waals surface area contributed by atoms with Crippen molar-refractivity contribution in [3.05, 3.63) is 18.4 Å². The molecule has 0 saturated heterocycles. The zero-order chi connectivity index (χ0) is 13.2. The molecule has 98 valence electrons. The highest BCUT2D eigenvalue weighted by Gasteiger charge is 2.13. The highest BCUT2D eigenvalue weighted by molar-refractivity contribution is 5.46. The van der Waals surface area contributed by atoms with Crippen molar-refractivity contribution in [2.75, 3.05) is 6.54 Å². The number of rotatable bonds is 4. The minimum Gasteiger partial charge on any atom is -0.339 e. The summed E-state index contributed by atoms with van der Waals surface area (Å²) in [4.78, 5) is 8.39. The van der Waals surface area contributed by atoms with Crippen LogP contribution in [0.1, 0.15) is 26.7 Å². The predicted molar refractivity (Wildman–Crippen MR) is 68.0 cm³/mol. The largest absolute Gasteiger partial charge is 0.339 e. The van der Waals surface area contributed by atoms with Gasteiger partial charge in [-0.2, -0.15) is 4.98 Å². The highest BCUT2D eigenvalue weighted by atomic mass is 16.5. The van der Waals surface area contributed by atoms with Crippen molar-refractivity contribution in [3.63, 3.8) is 0 Å². The van der Waals surface area contributed by atoms with Gasteiger partial charge in [0.15, 0.2) is 0 Å². The fourth-order valence-electron chi connectivity index (χ4n) is 1.58. The molecule has 0 aliphatic carbocycles. The fraction of sp³-hybridized carbons (Fsp3) is 0.583. The van der Waals surface area contributed by atoms with E-state index in [1.807, 2.05) is 11.6 Å². The molecule has 6 nitrogen and oxygen atoms in total. The Balaban J connectivity index is 1.97. The summed E-state index contributed by atoms with van der Waals surface area (Å²) >= 11 is 0. The molecule has 0 bridgehead atoms. The summed E-state index contributed by atoms with van der Waals surface area (Å²) in [5.41, 5.74) is 0.957. The Morgan fingerprint density at radius 2 is 2.17 bits per heavy atom. The number of nitrogens with one attached hydrogen (secondary N) is 1. The molecule has 2 aromatic heterocycles. The first-order valence-corrected chi connectivity index (χ1v) is 6.00. The molecule has 1 N–H and O–H groups in total. The van der Waals surface area contributed by atoms with Gasteiger partial charge in [-0.25, -0.2) is 4.98 Å². The molecule has 0 saturated carbocycles. The van der Waals surface area contributed by atoms with Crippen LogP contribution in [-0.4, -0.2) is 31.8 Å². The normalized spacial score (nSPS) is 12.0. The molecule has 0 fully saturated rings. The van der Waals surface area contributed by atoms with E-state index in [-0.39, 0.29) is 5.54 Å². The maximum Gasteiger partial charge on any atom is 0.228 e. The summed E-state index contributed by atoms with van der Waals surface area (Å²) in [6.45, 7) is 7.20. The lowest BCUT2D eigenvalue weighted by Crippen LogP contribution is -2.37. The molecule has 0 aromatic carbocycles. The Morgan fingerprint density at radius 3 is 2.78 bits per heavy atom. The zero-order valence-corrected chi connectivity index (χ0v) is 11.3. The van der Waals surface area contributed by atoms with Gasteiger partial charge in [0, 0.05) is 25.6 Å². The molecule has 0 aliphatic heterocycles. The van der Waals surface area contributed by atoms with Crippen molar-refractivity contribution in [3.8, 4) is 11.5 Å². The second-order valence-electron chi connectivity index (χ2n) is 5.33. The van der Waals surface area contributed by atoms with Gasteiger partial charge >= 0.3 is 0 Å². The molecule has 0 aliphatic rings. The number of hydrogen-bond donors (Lipinski definition) is 1. The van der Waals surface area contributed by atoms with Crippen LogP contribution in [0.5, 0.6) is 0 Å². The monoisotopic (exact) mass is 249 g/mol. The lowest BCUT2D eigenvalue weighted by atomic mass is 10.1. The van der Waals surface area contributed by atoms with Crippen molar-refractivity contribution < 1.29 is 4.52 Å². The van der Waals surface area contributed by atoms with Crippen molar-refractivity contribution >= 4 is 0 Å². The van der Waals surface area contributed by atoms with Gasteiger partial charge in [0.1, 0.15) is 5.69 Å². The van der Waals surface area contributed by atoms with Crippen LogP contribution < -0.4 is 5.32 Å². The molecule has 2 rings (SSSR count). The van der Waals surface area contributed by atoms with Gasteiger partial charge in [0.2, 0.25) is 11.7 Å². The minimum atomic E-state index is 0.102. The van der Waals surface area contributed by atoms with Gasteiger partial charge in [-0.15, -0.1) is 0 Å². The van der Waals surface area contributed by atoms with E-state index in [1.54, 1.807) is 12.5 Å². The fourth-order valence-corrected chi connectivity index (χ4v) is 1.58. The molecular formula is C12H19N5O. The number of imidazole rings is 1. The molecule has 0 radical (unpaired) electrons. The maximum absolute atomic E-state index is 5.22. The Kier molecular flexibility index (Phi) is 3.47. The number of aryl methyl sites for hydroxylation is 1. The van der Waals surface area contributed by atoms with Crippen molar-refractivity contribution in [1.82, 2.24) is 25.0 Å². The summed E-state index contributed by atoms with van der Waals surface area (Å²) in [6.07, 6.45) is 4.16. The van der Waals surface area contributed by atoms with Crippen LogP contribution in [0.25, 0.3) is 11.5 Å². The standard InChI is InChI=1S/C12H19N5O/c1-12(2,3)14-6-5-10-15-11(16-18-10)9-7-13-8-17(9)4/h7-8,14H,5-6H2,1-4H3. The molecule has 0 amide bonds. The third-order valence-electron chi connectivity index (χ3n) is 2.51. The van der Waals surface area contributed by atoms with Crippen LogP contribution in [0.3, 0.4) is 0 Å². The summed E-state index contributed by atoms with van der Waals surface area (Å²) < 4.78 is 7.08. The van der Waals surface area contributed by atoms with Crippen LogP contribution >= 0.6 is 0 Å². The predicted octanol–water partition coefficient (Wildman–Crippen LogP) is 1.40. The van der Waals surface area contributed by atoms with Crippen LogP contribution in [-0.2, 0) is 13.5 Å². The van der Waals surface area contributed by atoms with E-state index in [2.05, 4.69) is 41.2 Å². The van der Waals surface area contributed by atoms with Crippen LogP contribution in [0, 0.1) is 0 Å². The summed E-state index contributed by atoms with van der Waals surface area (Å²) in [7, 11) is 1.90.